The van der Waals surface area contributed by atoms with Crippen LogP contribution in [0.2, 0.25) is 0 Å². The number of hydrogen-bond acceptors (Lipinski definition) is 7. The van der Waals surface area contributed by atoms with Gasteiger partial charge in [-0.3, -0.25) is 9.59 Å². The number of aromatic nitrogens is 1. The van der Waals surface area contributed by atoms with E-state index in [1.54, 1.807) is 0 Å². The molecule has 1 amide bonds. The number of anilines is 1. The molecule has 0 atom stereocenters. The summed E-state index contributed by atoms with van der Waals surface area (Å²) in [7, 11) is 1.24. The number of thiazole rings is 1. The molecule has 8 heteroatoms. The number of ketones is 1. The first-order valence-electron chi connectivity index (χ1n) is 6.64. The van der Waals surface area contributed by atoms with Crippen molar-refractivity contribution in [2.45, 2.75) is 19.8 Å². The van der Waals surface area contributed by atoms with E-state index in [-0.39, 0.29) is 28.2 Å². The van der Waals surface area contributed by atoms with Crippen molar-refractivity contribution in [1.82, 2.24) is 10.3 Å². The van der Waals surface area contributed by atoms with Crippen molar-refractivity contribution in [2.75, 3.05) is 25.5 Å². The number of carbonyl (C=O) groups excluding carboxylic acids is 3. The van der Waals surface area contributed by atoms with Crippen molar-refractivity contribution >= 4 is 34.1 Å². The Kier molecular flexibility index (Phi) is 4.89. The Morgan fingerprint density at radius 2 is 2.05 bits per heavy atom. The van der Waals surface area contributed by atoms with Crippen molar-refractivity contribution < 1.29 is 19.1 Å². The molecular weight excluding hydrogens is 294 g/mol. The summed E-state index contributed by atoms with van der Waals surface area (Å²) in [6, 6.07) is 0. The van der Waals surface area contributed by atoms with E-state index in [0.717, 1.165) is 24.2 Å². The Hall–Kier alpha value is -1.96. The summed E-state index contributed by atoms with van der Waals surface area (Å²) in [6.07, 6.45) is 1.94. The van der Waals surface area contributed by atoms with E-state index < -0.39 is 5.97 Å². The van der Waals surface area contributed by atoms with Crippen LogP contribution in [0.3, 0.4) is 0 Å². The van der Waals surface area contributed by atoms with Crippen molar-refractivity contribution in [3.05, 3.63) is 10.6 Å². The second-order valence-electron chi connectivity index (χ2n) is 4.74. The molecule has 0 radical (unpaired) electrons. The van der Waals surface area contributed by atoms with Gasteiger partial charge in [0.2, 0.25) is 5.91 Å². The Labute approximate surface area is 126 Å². The maximum atomic E-state index is 11.5. The highest BCUT2D eigenvalue weighted by Gasteiger charge is 2.29. The van der Waals surface area contributed by atoms with Gasteiger partial charge in [0, 0.05) is 25.9 Å². The summed E-state index contributed by atoms with van der Waals surface area (Å²) in [6.45, 7) is 2.32. The highest BCUT2D eigenvalue weighted by Crippen LogP contribution is 2.28. The summed E-state index contributed by atoms with van der Waals surface area (Å²) in [5.74, 6) is -0.606. The van der Waals surface area contributed by atoms with E-state index in [9.17, 15) is 14.4 Å². The lowest BCUT2D eigenvalue weighted by Gasteiger charge is -2.04. The van der Waals surface area contributed by atoms with E-state index in [1.165, 1.54) is 14.0 Å². The lowest BCUT2D eigenvalue weighted by molar-refractivity contribution is -0.122. The maximum Gasteiger partial charge on any atom is 0.358 e. The number of hydrogen-bond donors (Lipinski definition) is 2. The fraction of sp³-hybridized carbons (Fsp3) is 0.538. The standard InChI is InChI=1S/C13H17N3O4S/c1-7(17)10-9(12(19)20-2)16-13(21-10)15-6-5-14-11(18)8-3-4-8/h8H,3-6H2,1-2H3,(H,14,18)(H,15,16). The van der Waals surface area contributed by atoms with Gasteiger partial charge in [-0.25, -0.2) is 9.78 Å². The molecule has 21 heavy (non-hydrogen) atoms. The zero-order valence-electron chi connectivity index (χ0n) is 11.9. The number of carbonyl (C=O) groups is 3. The first-order chi connectivity index (χ1) is 10.0. The van der Waals surface area contributed by atoms with Crippen molar-refractivity contribution in [1.29, 1.82) is 0 Å². The monoisotopic (exact) mass is 311 g/mol. The third kappa shape index (κ3) is 4.01. The normalized spacial score (nSPS) is 13.6. The van der Waals surface area contributed by atoms with Gasteiger partial charge in [0.25, 0.3) is 0 Å². The fourth-order valence-electron chi connectivity index (χ4n) is 1.71. The van der Waals surface area contributed by atoms with Gasteiger partial charge in [0.05, 0.1) is 7.11 Å². The highest BCUT2D eigenvalue weighted by molar-refractivity contribution is 7.17. The molecule has 0 saturated heterocycles. The fourth-order valence-corrected chi connectivity index (χ4v) is 2.59. The van der Waals surface area contributed by atoms with Crippen LogP contribution in [0.4, 0.5) is 5.13 Å². The molecule has 1 saturated carbocycles. The van der Waals surface area contributed by atoms with Crippen LogP contribution in [0.25, 0.3) is 0 Å². The van der Waals surface area contributed by atoms with Gasteiger partial charge < -0.3 is 15.4 Å². The molecule has 7 nitrogen and oxygen atoms in total. The molecule has 0 aliphatic heterocycles. The number of ether oxygens (including phenoxy) is 1. The molecule has 1 heterocycles. The van der Waals surface area contributed by atoms with Gasteiger partial charge in [-0.15, -0.1) is 0 Å². The second kappa shape index (κ2) is 6.66. The average Bonchev–Trinajstić information content (AvgIpc) is 3.22. The second-order valence-corrected chi connectivity index (χ2v) is 5.74. The van der Waals surface area contributed by atoms with E-state index in [1.807, 2.05) is 0 Å². The molecular formula is C13H17N3O4S. The Morgan fingerprint density at radius 3 is 2.62 bits per heavy atom. The molecule has 1 fully saturated rings. The third-order valence-electron chi connectivity index (χ3n) is 2.97. The van der Waals surface area contributed by atoms with E-state index >= 15 is 0 Å². The van der Waals surface area contributed by atoms with Crippen LogP contribution in [0.1, 0.15) is 39.9 Å². The van der Waals surface area contributed by atoms with Crippen LogP contribution < -0.4 is 10.6 Å². The summed E-state index contributed by atoms with van der Waals surface area (Å²) in [5.41, 5.74) is 0.0273. The molecule has 1 aliphatic rings. The topological polar surface area (TPSA) is 97.4 Å². The zero-order chi connectivity index (χ0) is 15.4. The van der Waals surface area contributed by atoms with Crippen molar-refractivity contribution in [3.8, 4) is 0 Å². The van der Waals surface area contributed by atoms with E-state index in [2.05, 4.69) is 20.4 Å². The molecule has 0 bridgehead atoms. The SMILES string of the molecule is COC(=O)c1nc(NCCNC(=O)C2CC2)sc1C(C)=O. The predicted molar refractivity (Wildman–Crippen MR) is 77.7 cm³/mol. The highest BCUT2D eigenvalue weighted by atomic mass is 32.1. The largest absolute Gasteiger partial charge is 0.464 e. The van der Waals surface area contributed by atoms with Gasteiger partial charge in [-0.05, 0) is 12.8 Å². The van der Waals surface area contributed by atoms with Crippen molar-refractivity contribution in [2.24, 2.45) is 5.92 Å². The molecule has 2 rings (SSSR count). The molecule has 0 spiro atoms. The molecule has 1 aliphatic carbocycles. The summed E-state index contributed by atoms with van der Waals surface area (Å²) >= 11 is 1.10. The summed E-state index contributed by atoms with van der Waals surface area (Å²) in [4.78, 5) is 38.8. The Morgan fingerprint density at radius 1 is 1.33 bits per heavy atom. The molecule has 1 aromatic heterocycles. The minimum Gasteiger partial charge on any atom is -0.464 e. The minimum atomic E-state index is -0.633. The molecule has 0 aromatic carbocycles. The number of rotatable bonds is 7. The molecule has 1 aromatic rings. The van der Waals surface area contributed by atoms with Crippen LogP contribution in [0, 0.1) is 5.92 Å². The third-order valence-corrected chi connectivity index (χ3v) is 4.09. The number of methoxy groups -OCH3 is 1. The van der Waals surface area contributed by atoms with Gasteiger partial charge in [0.15, 0.2) is 16.6 Å². The lowest BCUT2D eigenvalue weighted by atomic mass is 10.3. The minimum absolute atomic E-state index is 0.0273. The number of Topliss-reactive ketones (excluding diaryl/α,β-unsaturated/α-hetero) is 1. The van der Waals surface area contributed by atoms with Crippen LogP contribution >= 0.6 is 11.3 Å². The van der Waals surface area contributed by atoms with Crippen LogP contribution in [0.15, 0.2) is 0 Å². The maximum absolute atomic E-state index is 11.5. The smallest absolute Gasteiger partial charge is 0.358 e. The molecule has 114 valence electrons. The molecule has 2 N–H and O–H groups in total. The Bertz CT molecular complexity index is 566. The summed E-state index contributed by atoms with van der Waals surface area (Å²) in [5, 5.41) is 6.26. The van der Waals surface area contributed by atoms with Crippen LogP contribution in [0.5, 0.6) is 0 Å². The lowest BCUT2D eigenvalue weighted by Crippen LogP contribution is -2.29. The average molecular weight is 311 g/mol. The van der Waals surface area contributed by atoms with E-state index in [4.69, 9.17) is 0 Å². The number of nitrogens with one attached hydrogen (secondary N) is 2. The van der Waals surface area contributed by atoms with Gasteiger partial charge in [-0.1, -0.05) is 11.3 Å². The molecule has 0 unspecified atom stereocenters. The first-order valence-corrected chi connectivity index (χ1v) is 7.46. The Balaban J connectivity index is 1.89. The first kappa shape index (κ1) is 15.4. The van der Waals surface area contributed by atoms with Crippen LogP contribution in [-0.2, 0) is 9.53 Å². The predicted octanol–water partition coefficient (Wildman–Crippen LogP) is 1.07. The van der Waals surface area contributed by atoms with Gasteiger partial charge in [-0.2, -0.15) is 0 Å². The number of esters is 1. The van der Waals surface area contributed by atoms with E-state index in [0.29, 0.717) is 18.2 Å². The van der Waals surface area contributed by atoms with Crippen molar-refractivity contribution in [3.63, 3.8) is 0 Å². The quantitative estimate of drug-likeness (QED) is 0.444. The number of amides is 1. The number of nitrogens with zero attached hydrogens (tertiary/aromatic N) is 1. The van der Waals surface area contributed by atoms with Crippen LogP contribution in [-0.4, -0.2) is 42.8 Å². The zero-order valence-corrected chi connectivity index (χ0v) is 12.7. The van der Waals surface area contributed by atoms with Gasteiger partial charge >= 0.3 is 5.97 Å². The van der Waals surface area contributed by atoms with Gasteiger partial charge in [0.1, 0.15) is 4.88 Å². The summed E-state index contributed by atoms with van der Waals surface area (Å²) < 4.78 is 4.60.